The van der Waals surface area contributed by atoms with Gasteiger partial charge < -0.3 is 10.1 Å². The molecule has 1 saturated heterocycles. The minimum atomic E-state index is -0.125. The van der Waals surface area contributed by atoms with Gasteiger partial charge in [0.25, 0.3) is 0 Å². The molecule has 5 rings (SSSR count). The van der Waals surface area contributed by atoms with Crippen LogP contribution >= 0.6 is 0 Å². The SMILES string of the molecule is O=C(CC1CCN(Cc2cccc(Oc3ccccc3)c2)CC1)NC(c1ccccc1)c1ccccc1. The maximum Gasteiger partial charge on any atom is 0.221 e. The summed E-state index contributed by atoms with van der Waals surface area (Å²) in [5.74, 6) is 2.25. The van der Waals surface area contributed by atoms with Crippen molar-refractivity contribution in [3.8, 4) is 11.5 Å². The Hall–Kier alpha value is -3.89. The number of likely N-dealkylation sites (tertiary alicyclic amines) is 1. The van der Waals surface area contributed by atoms with Crippen LogP contribution < -0.4 is 10.1 Å². The van der Waals surface area contributed by atoms with Crippen LogP contribution in [0, 0.1) is 5.92 Å². The molecular formula is C33H34N2O2. The summed E-state index contributed by atoms with van der Waals surface area (Å²) in [6.07, 6.45) is 2.65. The highest BCUT2D eigenvalue weighted by Gasteiger charge is 2.24. The quantitative estimate of drug-likeness (QED) is 0.275. The highest BCUT2D eigenvalue weighted by molar-refractivity contribution is 5.77. The second-order valence-electron chi connectivity index (χ2n) is 9.81. The van der Waals surface area contributed by atoms with Crippen LogP contribution in [-0.4, -0.2) is 23.9 Å². The zero-order valence-corrected chi connectivity index (χ0v) is 21.1. The largest absolute Gasteiger partial charge is 0.457 e. The molecule has 4 aromatic rings. The fourth-order valence-corrected chi connectivity index (χ4v) is 5.07. The first kappa shape index (κ1) is 24.8. The number of benzene rings is 4. The number of ether oxygens (including phenoxy) is 1. The molecule has 0 aromatic heterocycles. The van der Waals surface area contributed by atoms with E-state index in [-0.39, 0.29) is 11.9 Å². The number of rotatable bonds is 9. The lowest BCUT2D eigenvalue weighted by atomic mass is 9.92. The second-order valence-corrected chi connectivity index (χ2v) is 9.81. The van der Waals surface area contributed by atoms with Crippen LogP contribution in [0.25, 0.3) is 0 Å². The van der Waals surface area contributed by atoms with E-state index in [1.54, 1.807) is 0 Å². The Labute approximate surface area is 219 Å². The summed E-state index contributed by atoms with van der Waals surface area (Å²) < 4.78 is 6.00. The van der Waals surface area contributed by atoms with Gasteiger partial charge in [0.15, 0.2) is 0 Å². The van der Waals surface area contributed by atoms with E-state index in [4.69, 9.17) is 4.74 Å². The average molecular weight is 491 g/mol. The van der Waals surface area contributed by atoms with Crippen molar-refractivity contribution in [3.63, 3.8) is 0 Å². The molecule has 4 aromatic carbocycles. The molecule has 0 bridgehead atoms. The number of hydrogen-bond acceptors (Lipinski definition) is 3. The number of carbonyl (C=O) groups is 1. The van der Waals surface area contributed by atoms with E-state index in [1.807, 2.05) is 72.8 Å². The molecule has 1 fully saturated rings. The second kappa shape index (κ2) is 12.4. The van der Waals surface area contributed by atoms with Crippen molar-refractivity contribution in [2.24, 2.45) is 5.92 Å². The van der Waals surface area contributed by atoms with Crippen LogP contribution in [0.2, 0.25) is 0 Å². The Morgan fingerprint density at radius 1 is 0.757 bits per heavy atom. The van der Waals surface area contributed by atoms with Gasteiger partial charge in [-0.15, -0.1) is 0 Å². The number of piperidine rings is 1. The molecule has 1 aliphatic heterocycles. The van der Waals surface area contributed by atoms with Crippen LogP contribution in [0.4, 0.5) is 0 Å². The van der Waals surface area contributed by atoms with Crippen LogP contribution in [0.5, 0.6) is 11.5 Å². The lowest BCUT2D eigenvalue weighted by molar-refractivity contribution is -0.122. The van der Waals surface area contributed by atoms with E-state index >= 15 is 0 Å². The Bertz CT molecular complexity index is 1210. The van der Waals surface area contributed by atoms with E-state index in [2.05, 4.69) is 52.7 Å². The van der Waals surface area contributed by atoms with Gasteiger partial charge in [-0.3, -0.25) is 9.69 Å². The van der Waals surface area contributed by atoms with Gasteiger partial charge in [0, 0.05) is 13.0 Å². The smallest absolute Gasteiger partial charge is 0.221 e. The van der Waals surface area contributed by atoms with E-state index in [0.717, 1.165) is 55.1 Å². The third-order valence-corrected chi connectivity index (χ3v) is 7.04. The summed E-state index contributed by atoms with van der Waals surface area (Å²) in [7, 11) is 0. The van der Waals surface area contributed by atoms with Crippen molar-refractivity contribution in [1.29, 1.82) is 0 Å². The number of para-hydroxylation sites is 1. The van der Waals surface area contributed by atoms with Gasteiger partial charge in [-0.1, -0.05) is 91.0 Å². The number of nitrogens with one attached hydrogen (secondary N) is 1. The van der Waals surface area contributed by atoms with Gasteiger partial charge in [0.2, 0.25) is 5.91 Å². The molecular weight excluding hydrogens is 456 g/mol. The molecule has 37 heavy (non-hydrogen) atoms. The normalized spacial score (nSPS) is 14.4. The molecule has 4 nitrogen and oxygen atoms in total. The lowest BCUT2D eigenvalue weighted by Crippen LogP contribution is -2.36. The summed E-state index contributed by atoms with van der Waals surface area (Å²) in [6.45, 7) is 2.90. The van der Waals surface area contributed by atoms with Crippen LogP contribution in [0.15, 0.2) is 115 Å². The first-order valence-electron chi connectivity index (χ1n) is 13.2. The van der Waals surface area contributed by atoms with E-state index in [1.165, 1.54) is 5.56 Å². The molecule has 1 N–H and O–H groups in total. The minimum absolute atomic E-state index is 0.125. The van der Waals surface area contributed by atoms with Gasteiger partial charge in [-0.25, -0.2) is 0 Å². The summed E-state index contributed by atoms with van der Waals surface area (Å²) in [5.41, 5.74) is 3.46. The van der Waals surface area contributed by atoms with Crippen LogP contribution in [0.1, 0.15) is 42.0 Å². The summed E-state index contributed by atoms with van der Waals surface area (Å²) in [5, 5.41) is 3.31. The molecule has 4 heteroatoms. The summed E-state index contributed by atoms with van der Waals surface area (Å²) >= 11 is 0. The fourth-order valence-electron chi connectivity index (χ4n) is 5.07. The first-order valence-corrected chi connectivity index (χ1v) is 13.2. The molecule has 0 aliphatic carbocycles. The molecule has 1 heterocycles. The monoisotopic (exact) mass is 490 g/mol. The van der Waals surface area contributed by atoms with Gasteiger partial charge >= 0.3 is 0 Å². The van der Waals surface area contributed by atoms with E-state index in [0.29, 0.717) is 12.3 Å². The molecule has 188 valence electrons. The van der Waals surface area contributed by atoms with E-state index < -0.39 is 0 Å². The maximum absolute atomic E-state index is 13.1. The Balaban J connectivity index is 1.12. The fraction of sp³-hybridized carbons (Fsp3) is 0.242. The Morgan fingerprint density at radius 2 is 1.32 bits per heavy atom. The molecule has 0 radical (unpaired) electrons. The molecule has 0 atom stereocenters. The molecule has 1 aliphatic rings. The van der Waals surface area contributed by atoms with Gasteiger partial charge in [-0.05, 0) is 72.8 Å². The third-order valence-electron chi connectivity index (χ3n) is 7.04. The predicted octanol–water partition coefficient (Wildman–Crippen LogP) is 6.99. The highest BCUT2D eigenvalue weighted by Crippen LogP contribution is 2.26. The minimum Gasteiger partial charge on any atom is -0.457 e. The van der Waals surface area contributed by atoms with Crippen LogP contribution in [-0.2, 0) is 11.3 Å². The first-order chi connectivity index (χ1) is 18.2. The standard InChI is InChI=1S/C33H34N2O2/c36-32(34-33(28-12-4-1-5-13-28)29-14-6-2-7-15-29)24-26-19-21-35(22-20-26)25-27-11-10-18-31(23-27)37-30-16-8-3-9-17-30/h1-18,23,26,33H,19-22,24-25H2,(H,34,36). The zero-order chi connectivity index (χ0) is 25.3. The van der Waals surface area contributed by atoms with Crippen molar-refractivity contribution < 1.29 is 9.53 Å². The zero-order valence-electron chi connectivity index (χ0n) is 21.1. The van der Waals surface area contributed by atoms with Crippen molar-refractivity contribution in [2.75, 3.05) is 13.1 Å². The Morgan fingerprint density at radius 3 is 1.95 bits per heavy atom. The average Bonchev–Trinajstić information content (AvgIpc) is 2.95. The molecule has 0 spiro atoms. The number of amides is 1. The van der Waals surface area contributed by atoms with Gasteiger partial charge in [-0.2, -0.15) is 0 Å². The topological polar surface area (TPSA) is 41.6 Å². The predicted molar refractivity (Wildman–Crippen MR) is 148 cm³/mol. The third kappa shape index (κ3) is 7.08. The molecule has 0 unspecified atom stereocenters. The van der Waals surface area contributed by atoms with Crippen molar-refractivity contribution >= 4 is 5.91 Å². The van der Waals surface area contributed by atoms with Gasteiger partial charge in [0.05, 0.1) is 6.04 Å². The molecule has 1 amide bonds. The molecule has 0 saturated carbocycles. The lowest BCUT2D eigenvalue weighted by Gasteiger charge is -2.32. The van der Waals surface area contributed by atoms with Crippen LogP contribution in [0.3, 0.4) is 0 Å². The number of hydrogen-bond donors (Lipinski definition) is 1. The van der Waals surface area contributed by atoms with Crippen molar-refractivity contribution in [1.82, 2.24) is 10.2 Å². The Kier molecular flexibility index (Phi) is 8.29. The summed E-state index contributed by atoms with van der Waals surface area (Å²) in [4.78, 5) is 15.6. The summed E-state index contributed by atoms with van der Waals surface area (Å²) in [6, 6.07) is 38.5. The number of carbonyl (C=O) groups excluding carboxylic acids is 1. The van der Waals surface area contributed by atoms with Crippen molar-refractivity contribution in [3.05, 3.63) is 132 Å². The van der Waals surface area contributed by atoms with Crippen molar-refractivity contribution in [2.45, 2.75) is 31.8 Å². The number of nitrogens with zero attached hydrogens (tertiary/aromatic N) is 1. The van der Waals surface area contributed by atoms with Gasteiger partial charge in [0.1, 0.15) is 11.5 Å². The van der Waals surface area contributed by atoms with E-state index in [9.17, 15) is 4.79 Å². The highest BCUT2D eigenvalue weighted by atomic mass is 16.5. The maximum atomic E-state index is 13.1.